The van der Waals surface area contributed by atoms with Gasteiger partial charge in [0.2, 0.25) is 0 Å². The molecule has 5 nitrogen and oxygen atoms in total. The molecule has 0 aliphatic rings. The summed E-state index contributed by atoms with van der Waals surface area (Å²) in [5, 5.41) is 15.5. The Kier molecular flexibility index (Phi) is 6.97. The Bertz CT molecular complexity index is 503. The highest BCUT2D eigenvalue weighted by molar-refractivity contribution is 5.74. The summed E-state index contributed by atoms with van der Waals surface area (Å²) in [5.41, 5.74) is 0.476. The summed E-state index contributed by atoms with van der Waals surface area (Å²) < 4.78 is 12.8. The van der Waals surface area contributed by atoms with E-state index in [-0.39, 0.29) is 29.8 Å². The van der Waals surface area contributed by atoms with Gasteiger partial charge >= 0.3 is 6.03 Å². The van der Waals surface area contributed by atoms with Gasteiger partial charge in [0, 0.05) is 19.1 Å². The normalized spacial score (nSPS) is 14.4. The molecule has 0 spiro atoms. The highest BCUT2D eigenvalue weighted by atomic mass is 19.1. The molecule has 130 valence electrons. The molecule has 0 saturated carbocycles. The molecule has 23 heavy (non-hydrogen) atoms. The third-order valence-corrected chi connectivity index (χ3v) is 3.95. The summed E-state index contributed by atoms with van der Waals surface area (Å²) in [6, 6.07) is 5.21. The van der Waals surface area contributed by atoms with Crippen LogP contribution < -0.4 is 10.6 Å². The van der Waals surface area contributed by atoms with Gasteiger partial charge in [-0.15, -0.1) is 0 Å². The smallest absolute Gasteiger partial charge is 0.315 e. The molecule has 2 atom stereocenters. The second kappa shape index (κ2) is 8.26. The molecular weight excluding hydrogens is 297 g/mol. The van der Waals surface area contributed by atoms with E-state index >= 15 is 0 Å². The Hall–Kier alpha value is -1.66. The number of hydrogen-bond donors (Lipinski definition) is 3. The van der Waals surface area contributed by atoms with Gasteiger partial charge in [0.1, 0.15) is 5.82 Å². The van der Waals surface area contributed by atoms with Crippen LogP contribution in [-0.2, 0) is 0 Å². The molecule has 3 N–H and O–H groups in total. The minimum atomic E-state index is -0.869. The maximum atomic E-state index is 12.8. The number of rotatable bonds is 7. The molecule has 0 fully saturated rings. The zero-order valence-corrected chi connectivity index (χ0v) is 14.6. The van der Waals surface area contributed by atoms with Gasteiger partial charge in [0.25, 0.3) is 0 Å². The van der Waals surface area contributed by atoms with Crippen molar-refractivity contribution >= 4 is 6.03 Å². The number of benzene rings is 1. The van der Waals surface area contributed by atoms with Crippen LogP contribution in [0.3, 0.4) is 0 Å². The molecule has 0 aromatic heterocycles. The van der Waals surface area contributed by atoms with Gasteiger partial charge in [-0.2, -0.15) is 0 Å². The average Bonchev–Trinajstić information content (AvgIpc) is 2.44. The molecule has 2 unspecified atom stereocenters. The topological polar surface area (TPSA) is 64.6 Å². The summed E-state index contributed by atoms with van der Waals surface area (Å²) in [5.74, 6) is -0.358. The molecule has 0 aliphatic heterocycles. The van der Waals surface area contributed by atoms with Crippen LogP contribution in [-0.4, -0.2) is 49.3 Å². The number of aliphatic hydroxyl groups excluding tert-OH is 1. The number of urea groups is 1. The van der Waals surface area contributed by atoms with Crippen molar-refractivity contribution in [1.29, 1.82) is 0 Å². The SMILES string of the molecule is CC(NC(=O)NCC(O)c1ccc(F)cc1)C(C)(C)CN(C)C. The quantitative estimate of drug-likeness (QED) is 0.719. The van der Waals surface area contributed by atoms with Crippen LogP contribution in [0.5, 0.6) is 0 Å². The van der Waals surface area contributed by atoms with Gasteiger partial charge in [-0.1, -0.05) is 26.0 Å². The fraction of sp³-hybridized carbons (Fsp3) is 0.588. The Morgan fingerprint density at radius 2 is 1.87 bits per heavy atom. The number of carbonyl (C=O) groups is 1. The highest BCUT2D eigenvalue weighted by Gasteiger charge is 2.27. The molecule has 0 saturated heterocycles. The van der Waals surface area contributed by atoms with E-state index in [1.807, 2.05) is 21.0 Å². The highest BCUT2D eigenvalue weighted by Crippen LogP contribution is 2.21. The number of amides is 2. The third-order valence-electron chi connectivity index (χ3n) is 3.95. The van der Waals surface area contributed by atoms with E-state index < -0.39 is 6.10 Å². The Labute approximate surface area is 137 Å². The predicted molar refractivity (Wildman–Crippen MR) is 89.7 cm³/mol. The molecule has 0 bridgehead atoms. The van der Waals surface area contributed by atoms with Gasteiger partial charge in [0.15, 0.2) is 0 Å². The molecule has 2 amide bonds. The average molecular weight is 325 g/mol. The molecule has 0 heterocycles. The van der Waals surface area contributed by atoms with Crippen molar-refractivity contribution in [2.24, 2.45) is 5.41 Å². The summed E-state index contributed by atoms with van der Waals surface area (Å²) in [6.07, 6.45) is -0.869. The number of hydrogen-bond acceptors (Lipinski definition) is 3. The van der Waals surface area contributed by atoms with E-state index in [4.69, 9.17) is 0 Å². The summed E-state index contributed by atoms with van der Waals surface area (Å²) in [4.78, 5) is 14.0. The lowest BCUT2D eigenvalue weighted by atomic mass is 9.85. The zero-order chi connectivity index (χ0) is 17.6. The lowest BCUT2D eigenvalue weighted by molar-refractivity contribution is 0.163. The lowest BCUT2D eigenvalue weighted by Crippen LogP contribution is -2.50. The van der Waals surface area contributed by atoms with Crippen molar-refractivity contribution in [3.05, 3.63) is 35.6 Å². The van der Waals surface area contributed by atoms with Crippen LogP contribution in [0.4, 0.5) is 9.18 Å². The number of nitrogens with one attached hydrogen (secondary N) is 2. The monoisotopic (exact) mass is 325 g/mol. The fourth-order valence-electron chi connectivity index (χ4n) is 2.39. The van der Waals surface area contributed by atoms with E-state index in [2.05, 4.69) is 29.4 Å². The second-order valence-corrected chi connectivity index (χ2v) is 6.87. The zero-order valence-electron chi connectivity index (χ0n) is 14.6. The van der Waals surface area contributed by atoms with Crippen LogP contribution >= 0.6 is 0 Å². The first-order valence-electron chi connectivity index (χ1n) is 7.74. The second-order valence-electron chi connectivity index (χ2n) is 6.87. The van der Waals surface area contributed by atoms with Crippen LogP contribution in [0.25, 0.3) is 0 Å². The number of nitrogens with zero attached hydrogens (tertiary/aromatic N) is 1. The van der Waals surface area contributed by atoms with Crippen molar-refractivity contribution < 1.29 is 14.3 Å². The van der Waals surface area contributed by atoms with Crippen molar-refractivity contribution in [3.63, 3.8) is 0 Å². The van der Waals surface area contributed by atoms with Gasteiger partial charge in [-0.05, 0) is 44.1 Å². The molecular formula is C17H28FN3O2. The fourth-order valence-corrected chi connectivity index (χ4v) is 2.39. The van der Waals surface area contributed by atoms with Crippen LogP contribution in [0, 0.1) is 11.2 Å². The van der Waals surface area contributed by atoms with Gasteiger partial charge in [-0.3, -0.25) is 0 Å². The largest absolute Gasteiger partial charge is 0.387 e. The van der Waals surface area contributed by atoms with E-state index in [0.717, 1.165) is 6.54 Å². The lowest BCUT2D eigenvalue weighted by Gasteiger charge is -2.34. The predicted octanol–water partition coefficient (Wildman–Crippen LogP) is 2.13. The summed E-state index contributed by atoms with van der Waals surface area (Å²) in [7, 11) is 3.99. The summed E-state index contributed by atoms with van der Waals surface area (Å²) in [6.45, 7) is 7.04. The van der Waals surface area contributed by atoms with E-state index in [1.54, 1.807) is 0 Å². The Morgan fingerprint density at radius 3 is 2.39 bits per heavy atom. The van der Waals surface area contributed by atoms with Gasteiger partial charge < -0.3 is 20.6 Å². The molecule has 6 heteroatoms. The van der Waals surface area contributed by atoms with Gasteiger partial charge in [-0.25, -0.2) is 9.18 Å². The standard InChI is InChI=1S/C17H28FN3O2/c1-12(17(2,3)11-21(4)5)20-16(23)19-10-15(22)13-6-8-14(18)9-7-13/h6-9,12,15,22H,10-11H2,1-5H3,(H2,19,20,23). The number of halogens is 1. The Morgan fingerprint density at radius 1 is 1.30 bits per heavy atom. The maximum Gasteiger partial charge on any atom is 0.315 e. The maximum absolute atomic E-state index is 12.8. The van der Waals surface area contributed by atoms with E-state index in [0.29, 0.717) is 5.56 Å². The van der Waals surface area contributed by atoms with Crippen LogP contribution in [0.1, 0.15) is 32.4 Å². The van der Waals surface area contributed by atoms with Crippen molar-refractivity contribution in [3.8, 4) is 0 Å². The van der Waals surface area contributed by atoms with Crippen molar-refractivity contribution in [1.82, 2.24) is 15.5 Å². The molecule has 0 aliphatic carbocycles. The van der Waals surface area contributed by atoms with Crippen molar-refractivity contribution in [2.75, 3.05) is 27.2 Å². The first kappa shape index (κ1) is 19.4. The molecule has 1 rings (SSSR count). The van der Waals surface area contributed by atoms with E-state index in [1.165, 1.54) is 24.3 Å². The number of aliphatic hydroxyl groups is 1. The summed E-state index contributed by atoms with van der Waals surface area (Å²) >= 11 is 0. The molecule has 0 radical (unpaired) electrons. The minimum absolute atomic E-state index is 0.0344. The van der Waals surface area contributed by atoms with Crippen LogP contribution in [0.15, 0.2) is 24.3 Å². The Balaban J connectivity index is 2.46. The van der Waals surface area contributed by atoms with Crippen molar-refractivity contribution in [2.45, 2.75) is 32.9 Å². The van der Waals surface area contributed by atoms with Crippen LogP contribution in [0.2, 0.25) is 0 Å². The minimum Gasteiger partial charge on any atom is -0.387 e. The molecule has 1 aromatic carbocycles. The van der Waals surface area contributed by atoms with E-state index in [9.17, 15) is 14.3 Å². The van der Waals surface area contributed by atoms with Gasteiger partial charge in [0.05, 0.1) is 6.10 Å². The third kappa shape index (κ3) is 6.54. The first-order chi connectivity index (χ1) is 10.6. The molecule has 1 aromatic rings. The number of carbonyl (C=O) groups excluding carboxylic acids is 1. The first-order valence-corrected chi connectivity index (χ1v) is 7.74.